The third-order valence-corrected chi connectivity index (χ3v) is 3.15. The van der Waals surface area contributed by atoms with E-state index in [4.69, 9.17) is 11.6 Å². The molecule has 1 heterocycles. The van der Waals surface area contributed by atoms with Crippen molar-refractivity contribution in [1.82, 2.24) is 5.32 Å². The fourth-order valence-electron chi connectivity index (χ4n) is 0.770. The zero-order valence-electron chi connectivity index (χ0n) is 6.39. The maximum Gasteiger partial charge on any atom is 0.0303 e. The minimum Gasteiger partial charge on any atom is -0.308 e. The van der Waals surface area contributed by atoms with Crippen molar-refractivity contribution in [2.45, 2.75) is 6.54 Å². The highest BCUT2D eigenvalue weighted by atomic mass is 79.9. The topological polar surface area (TPSA) is 12.0 Å². The van der Waals surface area contributed by atoms with Crippen LogP contribution in [0.5, 0.6) is 0 Å². The van der Waals surface area contributed by atoms with E-state index in [0.29, 0.717) is 0 Å². The fourth-order valence-corrected chi connectivity index (χ4v) is 2.28. The molecule has 0 aromatic carbocycles. The van der Waals surface area contributed by atoms with E-state index in [1.165, 1.54) is 10.4 Å². The van der Waals surface area contributed by atoms with Gasteiger partial charge in [0.2, 0.25) is 0 Å². The normalized spacial score (nSPS) is 11.2. The molecule has 0 radical (unpaired) electrons. The molecular formula is C8H9BrClNS. The van der Waals surface area contributed by atoms with Gasteiger partial charge in [0.05, 0.1) is 0 Å². The smallest absolute Gasteiger partial charge is 0.0303 e. The van der Waals surface area contributed by atoms with E-state index in [2.05, 4.69) is 32.7 Å². The molecule has 0 aliphatic carbocycles. The lowest BCUT2D eigenvalue weighted by molar-refractivity contribution is 0.770. The number of hydrogen-bond donors (Lipinski definition) is 1. The summed E-state index contributed by atoms with van der Waals surface area (Å²) in [5.74, 6) is 0. The highest BCUT2D eigenvalue weighted by Gasteiger charge is 1.94. The lowest BCUT2D eigenvalue weighted by Gasteiger charge is -1.96. The molecule has 1 nitrogen and oxygen atoms in total. The molecule has 1 rings (SSSR count). The average molecular weight is 267 g/mol. The Morgan fingerprint density at radius 1 is 1.67 bits per heavy atom. The van der Waals surface area contributed by atoms with Crippen LogP contribution in [0, 0.1) is 0 Å². The van der Waals surface area contributed by atoms with Crippen LogP contribution in [0.4, 0.5) is 0 Å². The summed E-state index contributed by atoms with van der Waals surface area (Å²) in [6.45, 7) is 1.72. The Morgan fingerprint density at radius 3 is 3.08 bits per heavy atom. The SMILES string of the molecule is Cl/C=C/CNCc1cc(Br)cs1. The molecule has 0 unspecified atom stereocenters. The van der Waals surface area contributed by atoms with Crippen molar-refractivity contribution in [3.8, 4) is 0 Å². The Morgan fingerprint density at radius 2 is 2.50 bits per heavy atom. The number of halogens is 2. The number of nitrogens with one attached hydrogen (secondary N) is 1. The monoisotopic (exact) mass is 265 g/mol. The second-order valence-corrected chi connectivity index (χ2v) is 4.39. The first-order valence-electron chi connectivity index (χ1n) is 3.52. The standard InChI is InChI=1S/C8H9BrClNS/c9-7-4-8(12-6-7)5-11-3-1-2-10/h1-2,4,6,11H,3,5H2/b2-1+. The van der Waals surface area contributed by atoms with Crippen LogP contribution < -0.4 is 5.32 Å². The molecule has 0 bridgehead atoms. The van der Waals surface area contributed by atoms with Gasteiger partial charge in [-0.25, -0.2) is 0 Å². The first-order valence-corrected chi connectivity index (χ1v) is 5.62. The van der Waals surface area contributed by atoms with Crippen LogP contribution >= 0.6 is 38.9 Å². The zero-order valence-corrected chi connectivity index (χ0v) is 9.55. The molecule has 12 heavy (non-hydrogen) atoms. The van der Waals surface area contributed by atoms with E-state index in [1.807, 2.05) is 6.08 Å². The fraction of sp³-hybridized carbons (Fsp3) is 0.250. The first kappa shape index (κ1) is 10.3. The van der Waals surface area contributed by atoms with Crippen molar-refractivity contribution in [2.24, 2.45) is 0 Å². The van der Waals surface area contributed by atoms with Gasteiger partial charge in [0, 0.05) is 33.4 Å². The van der Waals surface area contributed by atoms with Gasteiger partial charge in [-0.05, 0) is 22.0 Å². The highest BCUT2D eigenvalue weighted by Crippen LogP contribution is 2.19. The molecule has 66 valence electrons. The van der Waals surface area contributed by atoms with Crippen molar-refractivity contribution >= 4 is 38.9 Å². The van der Waals surface area contributed by atoms with Crippen molar-refractivity contribution in [1.29, 1.82) is 0 Å². The zero-order chi connectivity index (χ0) is 8.81. The van der Waals surface area contributed by atoms with Gasteiger partial charge < -0.3 is 5.32 Å². The van der Waals surface area contributed by atoms with E-state index in [1.54, 1.807) is 11.3 Å². The van der Waals surface area contributed by atoms with Crippen LogP contribution in [-0.4, -0.2) is 6.54 Å². The molecule has 0 amide bonds. The molecule has 0 aliphatic rings. The second-order valence-electron chi connectivity index (χ2n) is 2.22. The molecule has 1 aromatic rings. The predicted molar refractivity (Wildman–Crippen MR) is 58.7 cm³/mol. The van der Waals surface area contributed by atoms with E-state index < -0.39 is 0 Å². The molecular weight excluding hydrogens is 258 g/mol. The summed E-state index contributed by atoms with van der Waals surface area (Å²) < 4.78 is 1.15. The molecule has 0 fully saturated rings. The summed E-state index contributed by atoms with van der Waals surface area (Å²) >= 11 is 10.5. The molecule has 0 saturated heterocycles. The lowest BCUT2D eigenvalue weighted by atomic mass is 10.4. The van der Waals surface area contributed by atoms with Crippen LogP contribution in [-0.2, 0) is 6.54 Å². The highest BCUT2D eigenvalue weighted by molar-refractivity contribution is 9.10. The van der Waals surface area contributed by atoms with Gasteiger partial charge in [0.25, 0.3) is 0 Å². The summed E-state index contributed by atoms with van der Waals surface area (Å²) in [7, 11) is 0. The van der Waals surface area contributed by atoms with E-state index in [9.17, 15) is 0 Å². The lowest BCUT2D eigenvalue weighted by Crippen LogP contribution is -2.11. The van der Waals surface area contributed by atoms with Gasteiger partial charge in [0.1, 0.15) is 0 Å². The molecule has 1 aromatic heterocycles. The van der Waals surface area contributed by atoms with Gasteiger partial charge in [0.15, 0.2) is 0 Å². The second kappa shape index (κ2) is 5.75. The largest absolute Gasteiger partial charge is 0.308 e. The van der Waals surface area contributed by atoms with E-state index in [0.717, 1.165) is 17.6 Å². The Bertz CT molecular complexity index is 259. The predicted octanol–water partition coefficient (Wildman–Crippen LogP) is 3.35. The molecule has 0 atom stereocenters. The van der Waals surface area contributed by atoms with Crippen molar-refractivity contribution in [2.75, 3.05) is 6.54 Å². The molecule has 0 aliphatic heterocycles. The number of hydrogen-bond acceptors (Lipinski definition) is 2. The molecule has 0 saturated carbocycles. The summed E-state index contributed by atoms with van der Waals surface area (Å²) in [4.78, 5) is 1.32. The Kier molecular flexibility index (Phi) is 4.92. The maximum atomic E-state index is 5.36. The third kappa shape index (κ3) is 3.72. The average Bonchev–Trinajstić information content (AvgIpc) is 2.45. The Hall–Kier alpha value is 0.170. The minimum absolute atomic E-state index is 0.818. The Balaban J connectivity index is 2.24. The molecule has 4 heteroatoms. The summed E-state index contributed by atoms with van der Waals surface area (Å²) in [5.41, 5.74) is 1.53. The summed E-state index contributed by atoms with van der Waals surface area (Å²) in [5, 5.41) is 5.31. The van der Waals surface area contributed by atoms with Gasteiger partial charge in [-0.1, -0.05) is 17.7 Å². The number of rotatable bonds is 4. The summed E-state index contributed by atoms with van der Waals surface area (Å²) in [6.07, 6.45) is 1.88. The van der Waals surface area contributed by atoms with Gasteiger partial charge in [-0.3, -0.25) is 0 Å². The van der Waals surface area contributed by atoms with E-state index in [-0.39, 0.29) is 0 Å². The van der Waals surface area contributed by atoms with Gasteiger partial charge >= 0.3 is 0 Å². The molecule has 1 N–H and O–H groups in total. The molecule has 0 spiro atoms. The Labute approximate surface area is 89.6 Å². The van der Waals surface area contributed by atoms with Crippen molar-refractivity contribution < 1.29 is 0 Å². The van der Waals surface area contributed by atoms with Crippen LogP contribution in [0.1, 0.15) is 4.88 Å². The maximum absolute atomic E-state index is 5.36. The van der Waals surface area contributed by atoms with Crippen LogP contribution in [0.2, 0.25) is 0 Å². The number of thiophene rings is 1. The van der Waals surface area contributed by atoms with Crippen molar-refractivity contribution in [3.63, 3.8) is 0 Å². The quantitative estimate of drug-likeness (QED) is 0.824. The van der Waals surface area contributed by atoms with Crippen LogP contribution in [0.15, 0.2) is 27.5 Å². The third-order valence-electron chi connectivity index (χ3n) is 1.27. The van der Waals surface area contributed by atoms with Crippen LogP contribution in [0.3, 0.4) is 0 Å². The first-order chi connectivity index (χ1) is 5.83. The van der Waals surface area contributed by atoms with E-state index >= 15 is 0 Å². The van der Waals surface area contributed by atoms with Gasteiger partial charge in [-0.15, -0.1) is 11.3 Å². The van der Waals surface area contributed by atoms with Crippen LogP contribution in [0.25, 0.3) is 0 Å². The van der Waals surface area contributed by atoms with Crippen molar-refractivity contribution in [3.05, 3.63) is 32.4 Å². The minimum atomic E-state index is 0.818. The summed E-state index contributed by atoms with van der Waals surface area (Å²) in [6, 6.07) is 2.11. The van der Waals surface area contributed by atoms with Gasteiger partial charge in [-0.2, -0.15) is 0 Å².